The molecule has 2 aromatic rings. The third-order valence-corrected chi connectivity index (χ3v) is 4.61. The predicted octanol–water partition coefficient (Wildman–Crippen LogP) is 4.49. The first-order valence-corrected chi connectivity index (χ1v) is 7.86. The molecule has 1 aromatic carbocycles. The van der Waals surface area contributed by atoms with E-state index < -0.39 is 0 Å². The molecule has 3 heteroatoms. The molecule has 0 radical (unpaired) electrons. The highest BCUT2D eigenvalue weighted by Crippen LogP contribution is 2.29. The maximum atomic E-state index is 9.33. The van der Waals surface area contributed by atoms with Crippen LogP contribution in [0.3, 0.4) is 0 Å². The van der Waals surface area contributed by atoms with Crippen molar-refractivity contribution in [1.82, 2.24) is 4.98 Å². The first-order valence-electron chi connectivity index (χ1n) is 7.86. The van der Waals surface area contributed by atoms with Gasteiger partial charge in [-0.05, 0) is 43.7 Å². The van der Waals surface area contributed by atoms with Crippen molar-refractivity contribution in [3.8, 4) is 6.07 Å². The minimum Gasteiger partial charge on any atom is -0.367 e. The second-order valence-corrected chi connectivity index (χ2v) is 5.95. The number of para-hydroxylation sites is 1. The highest BCUT2D eigenvalue weighted by atomic mass is 15.0. The fourth-order valence-electron chi connectivity index (χ4n) is 3.27. The first-order chi connectivity index (χ1) is 10.3. The number of nitriles is 1. The van der Waals surface area contributed by atoms with E-state index in [-0.39, 0.29) is 0 Å². The molecule has 0 atom stereocenters. The van der Waals surface area contributed by atoms with E-state index in [1.54, 1.807) is 0 Å². The molecule has 0 unspecified atom stereocenters. The van der Waals surface area contributed by atoms with Crippen LogP contribution in [0.2, 0.25) is 0 Å². The van der Waals surface area contributed by atoms with Crippen molar-refractivity contribution in [1.29, 1.82) is 5.26 Å². The largest absolute Gasteiger partial charge is 0.367 e. The fraction of sp³-hybridized carbons (Fsp3) is 0.444. The molecule has 1 aromatic heterocycles. The number of hydrogen-bond acceptors (Lipinski definition) is 3. The summed E-state index contributed by atoms with van der Waals surface area (Å²) in [4.78, 5) is 4.65. The summed E-state index contributed by atoms with van der Waals surface area (Å²) in [6.45, 7) is 2.28. The Hall–Kier alpha value is -2.08. The maximum absolute atomic E-state index is 9.33. The van der Waals surface area contributed by atoms with Gasteiger partial charge in [0.15, 0.2) is 0 Å². The molecule has 0 bridgehead atoms. The molecular formula is C18H21N3. The van der Waals surface area contributed by atoms with Crippen molar-refractivity contribution in [3.63, 3.8) is 0 Å². The number of benzene rings is 1. The molecule has 0 saturated heterocycles. The van der Waals surface area contributed by atoms with Crippen LogP contribution in [-0.2, 0) is 0 Å². The molecule has 1 heterocycles. The molecule has 1 aliphatic rings. The van der Waals surface area contributed by atoms with Crippen LogP contribution >= 0.6 is 0 Å². The third kappa shape index (κ3) is 3.00. The minimum absolute atomic E-state index is 0.494. The lowest BCUT2D eigenvalue weighted by molar-refractivity contribution is 0.330. The smallest absolute Gasteiger partial charge is 0.128 e. The van der Waals surface area contributed by atoms with Gasteiger partial charge in [-0.15, -0.1) is 0 Å². The second kappa shape index (κ2) is 6.13. The van der Waals surface area contributed by atoms with E-state index in [9.17, 15) is 5.26 Å². The van der Waals surface area contributed by atoms with Crippen LogP contribution in [-0.4, -0.2) is 11.0 Å². The molecule has 21 heavy (non-hydrogen) atoms. The Morgan fingerprint density at radius 1 is 1.24 bits per heavy atom. The van der Waals surface area contributed by atoms with Gasteiger partial charge in [0.1, 0.15) is 5.82 Å². The Balaban J connectivity index is 1.80. The molecule has 1 fully saturated rings. The Bertz CT molecular complexity index is 664. The van der Waals surface area contributed by atoms with Crippen LogP contribution in [0.1, 0.15) is 44.6 Å². The zero-order chi connectivity index (χ0) is 14.7. The highest BCUT2D eigenvalue weighted by Gasteiger charge is 2.20. The zero-order valence-electron chi connectivity index (χ0n) is 12.5. The molecule has 0 aliphatic heterocycles. The molecule has 1 N–H and O–H groups in total. The first kappa shape index (κ1) is 13.9. The Kier molecular flexibility index (Phi) is 4.06. The standard InChI is InChI=1S/C18H21N3/c1-2-13-7-9-15(10-8-13)20-18-11-14(12-19)16-5-3-4-6-17(16)21-18/h3-6,11,13,15H,2,7-10H2,1H3,(H,20,21). The van der Waals surface area contributed by atoms with Crippen LogP contribution in [0.5, 0.6) is 0 Å². The van der Waals surface area contributed by atoms with Gasteiger partial charge in [0.2, 0.25) is 0 Å². The van der Waals surface area contributed by atoms with Crippen molar-refractivity contribution in [2.24, 2.45) is 5.92 Å². The summed E-state index contributed by atoms with van der Waals surface area (Å²) in [6, 6.07) is 12.5. The van der Waals surface area contributed by atoms with Gasteiger partial charge in [-0.25, -0.2) is 4.98 Å². The lowest BCUT2D eigenvalue weighted by atomic mass is 9.84. The van der Waals surface area contributed by atoms with E-state index in [1.165, 1.54) is 32.1 Å². The second-order valence-electron chi connectivity index (χ2n) is 5.95. The number of nitrogens with zero attached hydrogens (tertiary/aromatic N) is 2. The van der Waals surface area contributed by atoms with E-state index in [0.717, 1.165) is 22.6 Å². The van der Waals surface area contributed by atoms with Crippen LogP contribution in [0, 0.1) is 17.2 Å². The summed E-state index contributed by atoms with van der Waals surface area (Å²) in [5.74, 6) is 1.73. The average molecular weight is 279 g/mol. The topological polar surface area (TPSA) is 48.7 Å². The van der Waals surface area contributed by atoms with Gasteiger partial charge in [0, 0.05) is 11.4 Å². The molecule has 1 aliphatic carbocycles. The van der Waals surface area contributed by atoms with Crippen LogP contribution in [0.25, 0.3) is 10.9 Å². The van der Waals surface area contributed by atoms with Crippen molar-refractivity contribution in [3.05, 3.63) is 35.9 Å². The lowest BCUT2D eigenvalue weighted by Gasteiger charge is -2.28. The number of anilines is 1. The molecule has 0 amide bonds. The summed E-state index contributed by atoms with van der Waals surface area (Å²) in [5, 5.41) is 13.8. The number of fused-ring (bicyclic) bond motifs is 1. The van der Waals surface area contributed by atoms with E-state index in [0.29, 0.717) is 11.6 Å². The van der Waals surface area contributed by atoms with E-state index in [2.05, 4.69) is 23.3 Å². The Morgan fingerprint density at radius 3 is 2.71 bits per heavy atom. The molecule has 3 nitrogen and oxygen atoms in total. The zero-order valence-corrected chi connectivity index (χ0v) is 12.5. The number of pyridine rings is 1. The summed E-state index contributed by atoms with van der Waals surface area (Å²) in [6.07, 6.45) is 6.29. The molecule has 108 valence electrons. The Labute approximate surface area is 126 Å². The van der Waals surface area contributed by atoms with E-state index >= 15 is 0 Å². The van der Waals surface area contributed by atoms with Crippen molar-refractivity contribution in [2.45, 2.75) is 45.1 Å². The number of aromatic nitrogens is 1. The van der Waals surface area contributed by atoms with Gasteiger partial charge in [-0.2, -0.15) is 5.26 Å². The van der Waals surface area contributed by atoms with E-state index in [1.807, 2.05) is 30.3 Å². The third-order valence-electron chi connectivity index (χ3n) is 4.61. The fourth-order valence-corrected chi connectivity index (χ4v) is 3.27. The predicted molar refractivity (Wildman–Crippen MR) is 86.1 cm³/mol. The molecule has 0 spiro atoms. The summed E-state index contributed by atoms with van der Waals surface area (Å²) in [7, 11) is 0. The van der Waals surface area contributed by atoms with Crippen molar-refractivity contribution in [2.75, 3.05) is 5.32 Å². The minimum atomic E-state index is 0.494. The molecule has 1 saturated carbocycles. The summed E-state index contributed by atoms with van der Waals surface area (Å²) in [5.41, 5.74) is 1.59. The SMILES string of the molecule is CCC1CCC(Nc2cc(C#N)c3ccccc3n2)CC1. The summed E-state index contributed by atoms with van der Waals surface area (Å²) >= 11 is 0. The molecule has 3 rings (SSSR count). The van der Waals surface area contributed by atoms with E-state index in [4.69, 9.17) is 0 Å². The van der Waals surface area contributed by atoms with Crippen LogP contribution < -0.4 is 5.32 Å². The maximum Gasteiger partial charge on any atom is 0.128 e. The molecular weight excluding hydrogens is 258 g/mol. The van der Waals surface area contributed by atoms with Gasteiger partial charge < -0.3 is 5.32 Å². The van der Waals surface area contributed by atoms with Crippen LogP contribution in [0.4, 0.5) is 5.82 Å². The quantitative estimate of drug-likeness (QED) is 0.900. The van der Waals surface area contributed by atoms with Gasteiger partial charge >= 0.3 is 0 Å². The average Bonchev–Trinajstić information content (AvgIpc) is 2.55. The van der Waals surface area contributed by atoms with Crippen molar-refractivity contribution >= 4 is 16.7 Å². The van der Waals surface area contributed by atoms with Gasteiger partial charge in [-0.3, -0.25) is 0 Å². The van der Waals surface area contributed by atoms with Gasteiger partial charge in [0.05, 0.1) is 17.1 Å². The van der Waals surface area contributed by atoms with Crippen LogP contribution in [0.15, 0.2) is 30.3 Å². The number of rotatable bonds is 3. The number of hydrogen-bond donors (Lipinski definition) is 1. The Morgan fingerprint density at radius 2 is 2.00 bits per heavy atom. The summed E-state index contributed by atoms with van der Waals surface area (Å²) < 4.78 is 0. The number of nitrogens with one attached hydrogen (secondary N) is 1. The van der Waals surface area contributed by atoms with Gasteiger partial charge in [-0.1, -0.05) is 31.5 Å². The lowest BCUT2D eigenvalue weighted by Crippen LogP contribution is -2.26. The monoisotopic (exact) mass is 279 g/mol. The normalized spacial score (nSPS) is 21.9. The van der Waals surface area contributed by atoms with Crippen molar-refractivity contribution < 1.29 is 0 Å². The highest BCUT2D eigenvalue weighted by molar-refractivity contribution is 5.86. The van der Waals surface area contributed by atoms with Gasteiger partial charge in [0.25, 0.3) is 0 Å².